The van der Waals surface area contributed by atoms with Gasteiger partial charge in [0.2, 0.25) is 0 Å². The van der Waals surface area contributed by atoms with Crippen molar-refractivity contribution in [3.05, 3.63) is 28.7 Å². The van der Waals surface area contributed by atoms with Crippen molar-refractivity contribution >= 4 is 25.8 Å². The minimum Gasteiger partial charge on any atom is -0.377 e. The number of hydrogen-bond acceptors (Lipinski definition) is 4. The van der Waals surface area contributed by atoms with Gasteiger partial charge in [-0.3, -0.25) is 0 Å². The second-order valence-electron chi connectivity index (χ2n) is 5.10. The van der Waals surface area contributed by atoms with E-state index >= 15 is 0 Å². The standard InChI is InChI=1S/C14H20BrNO3S/c1-11(9-16-10-13-3-2-8-19-13)20(17,18)14-6-4-12(15)5-7-14/h4-7,11,13,16H,2-3,8-10H2,1H3. The lowest BCUT2D eigenvalue weighted by Crippen LogP contribution is -2.35. The van der Waals surface area contributed by atoms with Crippen molar-refractivity contribution in [1.29, 1.82) is 0 Å². The summed E-state index contributed by atoms with van der Waals surface area (Å²) in [5.74, 6) is 0. The summed E-state index contributed by atoms with van der Waals surface area (Å²) in [7, 11) is -3.28. The van der Waals surface area contributed by atoms with E-state index < -0.39 is 15.1 Å². The van der Waals surface area contributed by atoms with Crippen LogP contribution in [-0.2, 0) is 14.6 Å². The van der Waals surface area contributed by atoms with Crippen molar-refractivity contribution in [3.8, 4) is 0 Å². The molecule has 0 amide bonds. The lowest BCUT2D eigenvalue weighted by Gasteiger charge is -2.16. The summed E-state index contributed by atoms with van der Waals surface area (Å²) in [5.41, 5.74) is 0. The van der Waals surface area contributed by atoms with Crippen LogP contribution in [0.3, 0.4) is 0 Å². The predicted octanol–water partition coefficient (Wildman–Crippen LogP) is 2.38. The molecule has 0 aliphatic carbocycles. The number of benzene rings is 1. The number of hydrogen-bond donors (Lipinski definition) is 1. The first-order valence-corrected chi connectivity index (χ1v) is 9.16. The monoisotopic (exact) mass is 361 g/mol. The zero-order chi connectivity index (χ0) is 14.6. The van der Waals surface area contributed by atoms with E-state index in [2.05, 4.69) is 21.2 Å². The smallest absolute Gasteiger partial charge is 0.182 e. The molecule has 1 aromatic rings. The van der Waals surface area contributed by atoms with Gasteiger partial charge in [0, 0.05) is 24.2 Å². The van der Waals surface area contributed by atoms with Crippen LogP contribution in [0.5, 0.6) is 0 Å². The topological polar surface area (TPSA) is 55.4 Å². The fourth-order valence-electron chi connectivity index (χ4n) is 2.22. The lowest BCUT2D eigenvalue weighted by molar-refractivity contribution is 0.110. The van der Waals surface area contributed by atoms with Gasteiger partial charge in [-0.1, -0.05) is 15.9 Å². The van der Waals surface area contributed by atoms with Crippen molar-refractivity contribution < 1.29 is 13.2 Å². The van der Waals surface area contributed by atoms with Crippen molar-refractivity contribution in [1.82, 2.24) is 5.32 Å². The number of ether oxygens (including phenoxy) is 1. The average molecular weight is 362 g/mol. The molecular formula is C14H20BrNO3S. The van der Waals surface area contributed by atoms with Crippen LogP contribution in [-0.4, -0.2) is 39.5 Å². The Morgan fingerprint density at radius 3 is 2.70 bits per heavy atom. The zero-order valence-electron chi connectivity index (χ0n) is 11.5. The first-order chi connectivity index (χ1) is 9.50. The Kier molecular flexibility index (Phi) is 5.60. The van der Waals surface area contributed by atoms with Crippen LogP contribution < -0.4 is 5.32 Å². The maximum absolute atomic E-state index is 12.4. The molecule has 1 aromatic carbocycles. The molecule has 0 saturated carbocycles. The molecule has 1 aliphatic rings. The number of halogens is 1. The van der Waals surface area contributed by atoms with Gasteiger partial charge in [-0.15, -0.1) is 0 Å². The highest BCUT2D eigenvalue weighted by molar-refractivity contribution is 9.10. The van der Waals surface area contributed by atoms with E-state index in [1.165, 1.54) is 0 Å². The van der Waals surface area contributed by atoms with Crippen molar-refractivity contribution in [2.75, 3.05) is 19.7 Å². The SMILES string of the molecule is CC(CNCC1CCCO1)S(=O)(=O)c1ccc(Br)cc1. The van der Waals surface area contributed by atoms with E-state index in [0.717, 1.165) is 30.5 Å². The first kappa shape index (κ1) is 15.9. The lowest BCUT2D eigenvalue weighted by atomic mass is 10.2. The fourth-order valence-corrected chi connectivity index (χ4v) is 3.80. The molecule has 1 aliphatic heterocycles. The summed E-state index contributed by atoms with van der Waals surface area (Å²) in [6.07, 6.45) is 2.39. The highest BCUT2D eigenvalue weighted by atomic mass is 79.9. The number of nitrogens with one attached hydrogen (secondary N) is 1. The minimum atomic E-state index is -3.28. The Labute approximate surface area is 129 Å². The van der Waals surface area contributed by atoms with Crippen LogP contribution in [0.1, 0.15) is 19.8 Å². The van der Waals surface area contributed by atoms with Gasteiger partial charge < -0.3 is 10.1 Å². The molecule has 0 aromatic heterocycles. The van der Waals surface area contributed by atoms with E-state index in [1.807, 2.05) is 0 Å². The van der Waals surface area contributed by atoms with Crippen LogP contribution in [0.15, 0.2) is 33.6 Å². The van der Waals surface area contributed by atoms with Gasteiger partial charge in [0.1, 0.15) is 0 Å². The predicted molar refractivity (Wildman–Crippen MR) is 82.6 cm³/mol. The van der Waals surface area contributed by atoms with Gasteiger partial charge in [-0.05, 0) is 44.0 Å². The summed E-state index contributed by atoms with van der Waals surface area (Å²) in [5, 5.41) is 2.75. The molecule has 112 valence electrons. The number of sulfone groups is 1. The van der Waals surface area contributed by atoms with Crippen LogP contribution in [0.2, 0.25) is 0 Å². The molecule has 6 heteroatoms. The molecule has 2 atom stereocenters. The van der Waals surface area contributed by atoms with Crippen molar-refractivity contribution in [2.24, 2.45) is 0 Å². The Morgan fingerprint density at radius 1 is 1.40 bits per heavy atom. The maximum atomic E-state index is 12.4. The number of rotatable bonds is 6. The van der Waals surface area contributed by atoms with E-state index in [4.69, 9.17) is 4.74 Å². The summed E-state index contributed by atoms with van der Waals surface area (Å²) < 4.78 is 31.1. The molecule has 1 fully saturated rings. The third-order valence-electron chi connectivity index (χ3n) is 3.50. The van der Waals surface area contributed by atoms with Gasteiger partial charge in [0.15, 0.2) is 9.84 Å². The maximum Gasteiger partial charge on any atom is 0.182 e. The molecule has 2 unspecified atom stereocenters. The summed E-state index contributed by atoms with van der Waals surface area (Å²) in [6, 6.07) is 6.77. The van der Waals surface area contributed by atoms with E-state index in [-0.39, 0.29) is 6.10 Å². The quantitative estimate of drug-likeness (QED) is 0.844. The van der Waals surface area contributed by atoms with Crippen molar-refractivity contribution in [3.63, 3.8) is 0 Å². The molecule has 20 heavy (non-hydrogen) atoms. The molecular weight excluding hydrogens is 342 g/mol. The second-order valence-corrected chi connectivity index (χ2v) is 8.38. The largest absolute Gasteiger partial charge is 0.377 e. The third-order valence-corrected chi connectivity index (χ3v) is 6.18. The van der Waals surface area contributed by atoms with Crippen LogP contribution in [0.4, 0.5) is 0 Å². The first-order valence-electron chi connectivity index (χ1n) is 6.82. The minimum absolute atomic E-state index is 0.234. The van der Waals surface area contributed by atoms with E-state index in [0.29, 0.717) is 11.4 Å². The molecule has 0 spiro atoms. The van der Waals surface area contributed by atoms with Gasteiger partial charge in [-0.25, -0.2) is 8.42 Å². The second kappa shape index (κ2) is 7.02. The Hall–Kier alpha value is -0.430. The van der Waals surface area contributed by atoms with Crippen LogP contribution in [0, 0.1) is 0 Å². The highest BCUT2D eigenvalue weighted by Crippen LogP contribution is 2.19. The molecule has 0 bridgehead atoms. The van der Waals surface area contributed by atoms with Crippen LogP contribution in [0.25, 0.3) is 0 Å². The summed E-state index contributed by atoms with van der Waals surface area (Å²) >= 11 is 3.31. The molecule has 1 N–H and O–H groups in total. The zero-order valence-corrected chi connectivity index (χ0v) is 13.9. The van der Waals surface area contributed by atoms with Crippen LogP contribution >= 0.6 is 15.9 Å². The molecule has 4 nitrogen and oxygen atoms in total. The molecule has 1 saturated heterocycles. The summed E-state index contributed by atoms with van der Waals surface area (Å²) in [4.78, 5) is 0.368. The van der Waals surface area contributed by atoms with Gasteiger partial charge >= 0.3 is 0 Å². The Morgan fingerprint density at radius 2 is 2.10 bits per heavy atom. The van der Waals surface area contributed by atoms with Gasteiger partial charge in [-0.2, -0.15) is 0 Å². The molecule has 1 heterocycles. The average Bonchev–Trinajstić information content (AvgIpc) is 2.92. The van der Waals surface area contributed by atoms with Gasteiger partial charge in [0.05, 0.1) is 16.2 Å². The van der Waals surface area contributed by atoms with E-state index in [1.54, 1.807) is 31.2 Å². The normalized spacial score (nSPS) is 21.0. The molecule has 2 rings (SSSR count). The highest BCUT2D eigenvalue weighted by Gasteiger charge is 2.23. The Balaban J connectivity index is 1.89. The Bertz CT molecular complexity index is 524. The fraction of sp³-hybridized carbons (Fsp3) is 0.571. The van der Waals surface area contributed by atoms with E-state index in [9.17, 15) is 8.42 Å². The third kappa shape index (κ3) is 4.04. The van der Waals surface area contributed by atoms with Crippen molar-refractivity contribution in [2.45, 2.75) is 36.0 Å². The van der Waals surface area contributed by atoms with Gasteiger partial charge in [0.25, 0.3) is 0 Å². The molecule has 0 radical (unpaired) electrons. The summed E-state index contributed by atoms with van der Waals surface area (Å²) in [6.45, 7) is 3.72.